The summed E-state index contributed by atoms with van der Waals surface area (Å²) in [6.45, 7) is 6.24. The number of nitrogens with zero attached hydrogens (tertiary/aromatic N) is 5. The molecule has 0 aliphatic heterocycles. The first-order chi connectivity index (χ1) is 13.9. The Kier molecular flexibility index (Phi) is 5.37. The van der Waals surface area contributed by atoms with Crippen LogP contribution in [0.25, 0.3) is 0 Å². The van der Waals surface area contributed by atoms with E-state index in [1.54, 1.807) is 0 Å². The lowest BCUT2D eigenvalue weighted by molar-refractivity contribution is 0.252. The molecule has 2 aromatic heterocycles. The Morgan fingerprint density at radius 2 is 1.97 bits per heavy atom. The highest BCUT2D eigenvalue weighted by molar-refractivity contribution is 5.37. The first kappa shape index (κ1) is 19.6. The van der Waals surface area contributed by atoms with Gasteiger partial charge in [-0.3, -0.25) is 4.68 Å². The van der Waals surface area contributed by atoms with Gasteiger partial charge in [0, 0.05) is 56.7 Å². The van der Waals surface area contributed by atoms with Crippen LogP contribution < -0.4 is 10.2 Å². The molecule has 1 aliphatic carbocycles. The van der Waals surface area contributed by atoms with E-state index in [-0.39, 0.29) is 11.5 Å². The van der Waals surface area contributed by atoms with Gasteiger partial charge in [-0.2, -0.15) is 5.10 Å². The van der Waals surface area contributed by atoms with Gasteiger partial charge in [0.1, 0.15) is 0 Å². The molecule has 4 rings (SSSR count). The highest BCUT2D eigenvalue weighted by atomic mass is 15.2. The smallest absolute Gasteiger partial charge is 0.225 e. The molecule has 0 radical (unpaired) electrons. The molecule has 2 heterocycles. The Morgan fingerprint density at radius 1 is 1.17 bits per heavy atom. The number of anilines is 1. The number of aryl methyl sites for hydroxylation is 1. The summed E-state index contributed by atoms with van der Waals surface area (Å²) < 4.78 is 1.84. The van der Waals surface area contributed by atoms with E-state index in [2.05, 4.69) is 66.7 Å². The van der Waals surface area contributed by atoms with Crippen molar-refractivity contribution in [3.05, 3.63) is 71.3 Å². The minimum Gasteiger partial charge on any atom is -0.340 e. The molecule has 1 aromatic carbocycles. The van der Waals surface area contributed by atoms with Crippen LogP contribution in [0.1, 0.15) is 48.7 Å². The first-order valence-corrected chi connectivity index (χ1v) is 10.2. The summed E-state index contributed by atoms with van der Waals surface area (Å²) in [5, 5.41) is 7.97. The van der Waals surface area contributed by atoms with E-state index >= 15 is 0 Å². The van der Waals surface area contributed by atoms with E-state index < -0.39 is 0 Å². The molecule has 0 unspecified atom stereocenters. The molecule has 0 amide bonds. The standard InChI is InChI=1S/C23H30N6/c1-23(2)10-20(24-12-18-13-26-29(4)16-18)19-14-25-22(27-21(19)11-23)28(3)15-17-8-6-5-7-9-17/h5-9,13-14,16,20,24H,10-12,15H2,1-4H3/t20-/m1/s1. The number of nitrogens with one attached hydrogen (secondary N) is 1. The van der Waals surface area contributed by atoms with Crippen LogP contribution in [0.15, 0.2) is 48.9 Å². The predicted octanol–water partition coefficient (Wildman–Crippen LogP) is 3.65. The lowest BCUT2D eigenvalue weighted by atomic mass is 9.74. The van der Waals surface area contributed by atoms with E-state index in [1.807, 2.05) is 30.2 Å². The quantitative estimate of drug-likeness (QED) is 0.696. The largest absolute Gasteiger partial charge is 0.340 e. The summed E-state index contributed by atoms with van der Waals surface area (Å²) >= 11 is 0. The van der Waals surface area contributed by atoms with Gasteiger partial charge in [0.2, 0.25) is 5.95 Å². The molecule has 3 aromatic rings. The van der Waals surface area contributed by atoms with E-state index in [0.29, 0.717) is 0 Å². The molecule has 0 saturated carbocycles. The maximum absolute atomic E-state index is 4.97. The molecule has 0 spiro atoms. The van der Waals surface area contributed by atoms with Gasteiger partial charge < -0.3 is 10.2 Å². The van der Waals surface area contributed by atoms with Crippen LogP contribution in [0.4, 0.5) is 5.95 Å². The van der Waals surface area contributed by atoms with Crippen LogP contribution in [0, 0.1) is 5.41 Å². The molecule has 1 N–H and O–H groups in total. The highest BCUT2D eigenvalue weighted by Crippen LogP contribution is 2.40. The minimum absolute atomic E-state index is 0.198. The lowest BCUT2D eigenvalue weighted by Gasteiger charge is -2.37. The second-order valence-corrected chi connectivity index (χ2v) is 8.91. The van der Waals surface area contributed by atoms with Crippen molar-refractivity contribution < 1.29 is 0 Å². The lowest BCUT2D eigenvalue weighted by Crippen LogP contribution is -2.34. The van der Waals surface area contributed by atoms with Crippen molar-refractivity contribution in [1.82, 2.24) is 25.1 Å². The third-order valence-electron chi connectivity index (χ3n) is 5.58. The molecular weight excluding hydrogens is 360 g/mol. The van der Waals surface area contributed by atoms with Crippen molar-refractivity contribution in [1.29, 1.82) is 0 Å². The van der Waals surface area contributed by atoms with Crippen molar-refractivity contribution in [2.75, 3.05) is 11.9 Å². The summed E-state index contributed by atoms with van der Waals surface area (Å²) in [5.74, 6) is 0.788. The molecule has 0 bridgehead atoms. The van der Waals surface area contributed by atoms with Crippen LogP contribution in [-0.4, -0.2) is 26.8 Å². The fraction of sp³-hybridized carbons (Fsp3) is 0.435. The molecule has 1 atom stereocenters. The van der Waals surface area contributed by atoms with Gasteiger partial charge in [-0.15, -0.1) is 0 Å². The van der Waals surface area contributed by atoms with E-state index in [0.717, 1.165) is 37.6 Å². The van der Waals surface area contributed by atoms with E-state index in [4.69, 9.17) is 9.97 Å². The average molecular weight is 391 g/mol. The second-order valence-electron chi connectivity index (χ2n) is 8.91. The monoisotopic (exact) mass is 390 g/mol. The van der Waals surface area contributed by atoms with Gasteiger partial charge in [-0.25, -0.2) is 9.97 Å². The van der Waals surface area contributed by atoms with E-state index in [1.165, 1.54) is 16.7 Å². The molecule has 6 nitrogen and oxygen atoms in total. The van der Waals surface area contributed by atoms with Crippen molar-refractivity contribution >= 4 is 5.95 Å². The van der Waals surface area contributed by atoms with Gasteiger partial charge >= 0.3 is 0 Å². The summed E-state index contributed by atoms with van der Waals surface area (Å²) in [6.07, 6.45) is 8.04. The molecule has 0 saturated heterocycles. The van der Waals surface area contributed by atoms with Crippen LogP contribution in [0.5, 0.6) is 0 Å². The topological polar surface area (TPSA) is 58.9 Å². The molecule has 152 valence electrons. The molecule has 0 fully saturated rings. The normalized spacial score (nSPS) is 17.7. The number of rotatable bonds is 6. The van der Waals surface area contributed by atoms with E-state index in [9.17, 15) is 0 Å². The zero-order valence-corrected chi connectivity index (χ0v) is 17.8. The van der Waals surface area contributed by atoms with Gasteiger partial charge in [0.25, 0.3) is 0 Å². The summed E-state index contributed by atoms with van der Waals surface area (Å²) in [7, 11) is 4.00. The van der Waals surface area contributed by atoms with Crippen molar-refractivity contribution in [3.63, 3.8) is 0 Å². The SMILES string of the molecule is CN(Cc1ccccc1)c1ncc2c(n1)CC(C)(C)C[C@H]2NCc1cnn(C)c1. The first-order valence-electron chi connectivity index (χ1n) is 10.2. The zero-order chi connectivity index (χ0) is 20.4. The molecular formula is C23H30N6. The maximum Gasteiger partial charge on any atom is 0.225 e. The summed E-state index contributed by atoms with van der Waals surface area (Å²) in [4.78, 5) is 11.8. The van der Waals surface area contributed by atoms with Crippen molar-refractivity contribution in [2.24, 2.45) is 12.5 Å². The highest BCUT2D eigenvalue weighted by Gasteiger charge is 2.33. The number of fused-ring (bicyclic) bond motifs is 1. The van der Waals surface area contributed by atoms with Crippen molar-refractivity contribution in [3.8, 4) is 0 Å². The summed E-state index contributed by atoms with van der Waals surface area (Å²) in [6, 6.07) is 10.7. The van der Waals surface area contributed by atoms with Gasteiger partial charge in [-0.1, -0.05) is 44.2 Å². The number of benzene rings is 1. The molecule has 6 heteroatoms. The Balaban J connectivity index is 1.53. The van der Waals surface area contributed by atoms with Gasteiger partial charge in [-0.05, 0) is 23.8 Å². The van der Waals surface area contributed by atoms with Gasteiger partial charge in [0.05, 0.1) is 11.9 Å². The van der Waals surface area contributed by atoms with Crippen LogP contribution in [0.2, 0.25) is 0 Å². The van der Waals surface area contributed by atoms with Crippen LogP contribution in [-0.2, 0) is 26.6 Å². The maximum atomic E-state index is 4.97. The van der Waals surface area contributed by atoms with Crippen LogP contribution >= 0.6 is 0 Å². The van der Waals surface area contributed by atoms with Gasteiger partial charge in [0.15, 0.2) is 0 Å². The summed E-state index contributed by atoms with van der Waals surface area (Å²) in [5.41, 5.74) is 5.04. The predicted molar refractivity (Wildman–Crippen MR) is 115 cm³/mol. The minimum atomic E-state index is 0.198. The number of aromatic nitrogens is 4. The fourth-order valence-electron chi connectivity index (χ4n) is 4.13. The third kappa shape index (κ3) is 4.65. The zero-order valence-electron chi connectivity index (χ0n) is 17.8. The average Bonchev–Trinajstić information content (AvgIpc) is 3.11. The molecule has 1 aliphatic rings. The molecule has 29 heavy (non-hydrogen) atoms. The number of hydrogen-bond acceptors (Lipinski definition) is 5. The Labute approximate surface area is 173 Å². The number of hydrogen-bond donors (Lipinski definition) is 1. The fourth-order valence-corrected chi connectivity index (χ4v) is 4.13. The third-order valence-corrected chi connectivity index (χ3v) is 5.58. The Bertz CT molecular complexity index is 963. The van der Waals surface area contributed by atoms with Crippen molar-refractivity contribution in [2.45, 2.75) is 45.8 Å². The second kappa shape index (κ2) is 7.95. The Morgan fingerprint density at radius 3 is 2.69 bits per heavy atom. The van der Waals surface area contributed by atoms with Crippen LogP contribution in [0.3, 0.4) is 0 Å². The Hall–Kier alpha value is -2.73.